The van der Waals surface area contributed by atoms with E-state index in [2.05, 4.69) is 10.3 Å². The monoisotopic (exact) mass is 381 g/mol. The third-order valence-corrected chi connectivity index (χ3v) is 4.52. The normalized spacial score (nSPS) is 12.9. The molecule has 0 fully saturated rings. The molecule has 2 amide bonds. The second-order valence-corrected chi connectivity index (χ2v) is 6.60. The van der Waals surface area contributed by atoms with Crippen LogP contribution in [0.15, 0.2) is 42.6 Å². The average molecular weight is 381 g/mol. The van der Waals surface area contributed by atoms with E-state index in [0.717, 1.165) is 5.69 Å². The molecule has 1 aliphatic rings. The van der Waals surface area contributed by atoms with Gasteiger partial charge in [0.15, 0.2) is 12.4 Å². The van der Waals surface area contributed by atoms with Crippen molar-refractivity contribution >= 4 is 23.3 Å². The summed E-state index contributed by atoms with van der Waals surface area (Å²) in [4.78, 5) is 41.7. The molecule has 0 unspecified atom stereocenters. The van der Waals surface area contributed by atoms with Crippen LogP contribution in [0.25, 0.3) is 0 Å². The lowest BCUT2D eigenvalue weighted by Crippen LogP contribution is -2.40. The van der Waals surface area contributed by atoms with Crippen LogP contribution in [0, 0.1) is 0 Å². The number of fused-ring (bicyclic) bond motifs is 1. The minimum Gasteiger partial charge on any atom is -0.482 e. The Morgan fingerprint density at radius 2 is 2.11 bits per heavy atom. The van der Waals surface area contributed by atoms with Crippen molar-refractivity contribution < 1.29 is 19.1 Å². The number of rotatable bonds is 8. The summed E-state index contributed by atoms with van der Waals surface area (Å²) in [6.07, 6.45) is 3.24. The average Bonchev–Trinajstić information content (AvgIpc) is 2.70. The number of aromatic nitrogens is 1. The second kappa shape index (κ2) is 9.12. The lowest BCUT2D eigenvalue weighted by Gasteiger charge is -2.29. The zero-order valence-electron chi connectivity index (χ0n) is 15.8. The SMILES string of the molecule is CC(=O)c1ccc2c(c1)N(CCCC(=O)NCCc1ccccn1)C(=O)CO2. The molecular formula is C21H23N3O4. The summed E-state index contributed by atoms with van der Waals surface area (Å²) in [7, 11) is 0. The summed E-state index contributed by atoms with van der Waals surface area (Å²) in [5, 5.41) is 2.87. The molecule has 1 aromatic heterocycles. The van der Waals surface area contributed by atoms with Gasteiger partial charge in [0.05, 0.1) is 5.69 Å². The molecule has 0 saturated heterocycles. The molecule has 0 saturated carbocycles. The highest BCUT2D eigenvalue weighted by Gasteiger charge is 2.26. The fraction of sp³-hybridized carbons (Fsp3) is 0.333. The number of anilines is 1. The molecule has 2 heterocycles. The Morgan fingerprint density at radius 1 is 1.25 bits per heavy atom. The van der Waals surface area contributed by atoms with Crippen LogP contribution in [0.3, 0.4) is 0 Å². The molecule has 0 spiro atoms. The summed E-state index contributed by atoms with van der Waals surface area (Å²) >= 11 is 0. The Kier molecular flexibility index (Phi) is 6.37. The standard InChI is InChI=1S/C21H23N3O4/c1-15(25)16-7-8-19-18(13-16)24(21(27)14-28-19)12-4-6-20(26)23-11-9-17-5-2-3-10-22-17/h2-3,5,7-8,10,13H,4,6,9,11-12,14H2,1H3,(H,23,26). The van der Waals surface area contributed by atoms with Gasteiger partial charge in [-0.05, 0) is 43.7 Å². The summed E-state index contributed by atoms with van der Waals surface area (Å²) in [5.41, 5.74) is 2.04. The quantitative estimate of drug-likeness (QED) is 0.708. The Hall–Kier alpha value is -3.22. The van der Waals surface area contributed by atoms with E-state index < -0.39 is 0 Å². The molecule has 0 radical (unpaired) electrons. The van der Waals surface area contributed by atoms with E-state index in [-0.39, 0.29) is 24.2 Å². The Labute approximate surface area is 163 Å². The van der Waals surface area contributed by atoms with Gasteiger partial charge in [0.25, 0.3) is 5.91 Å². The van der Waals surface area contributed by atoms with Crippen LogP contribution in [0.4, 0.5) is 5.69 Å². The van der Waals surface area contributed by atoms with Crippen molar-refractivity contribution in [2.45, 2.75) is 26.2 Å². The van der Waals surface area contributed by atoms with Crippen molar-refractivity contribution in [3.63, 3.8) is 0 Å². The van der Waals surface area contributed by atoms with Gasteiger partial charge in [-0.15, -0.1) is 0 Å². The van der Waals surface area contributed by atoms with Crippen molar-refractivity contribution in [2.24, 2.45) is 0 Å². The summed E-state index contributed by atoms with van der Waals surface area (Å²) in [5.74, 6) is 0.260. The van der Waals surface area contributed by atoms with E-state index in [1.54, 1.807) is 29.3 Å². The highest BCUT2D eigenvalue weighted by molar-refractivity contribution is 6.01. The van der Waals surface area contributed by atoms with Gasteiger partial charge >= 0.3 is 0 Å². The Morgan fingerprint density at radius 3 is 2.86 bits per heavy atom. The number of carbonyl (C=O) groups is 3. The van der Waals surface area contributed by atoms with Gasteiger partial charge in [0.2, 0.25) is 5.91 Å². The minimum absolute atomic E-state index is 0.0390. The third-order valence-electron chi connectivity index (χ3n) is 4.52. The number of ketones is 1. The number of pyridine rings is 1. The molecule has 146 valence electrons. The minimum atomic E-state index is -0.177. The maximum atomic E-state index is 12.3. The molecule has 1 aromatic carbocycles. The third kappa shape index (κ3) is 4.94. The first-order valence-electron chi connectivity index (χ1n) is 9.29. The van der Waals surface area contributed by atoms with Crippen LogP contribution in [0.2, 0.25) is 0 Å². The zero-order valence-corrected chi connectivity index (χ0v) is 15.8. The number of hydrogen-bond acceptors (Lipinski definition) is 5. The molecule has 0 atom stereocenters. The van der Waals surface area contributed by atoms with E-state index in [4.69, 9.17) is 4.74 Å². The fourth-order valence-electron chi connectivity index (χ4n) is 3.03. The smallest absolute Gasteiger partial charge is 0.265 e. The van der Waals surface area contributed by atoms with Crippen molar-refractivity contribution in [1.29, 1.82) is 0 Å². The maximum absolute atomic E-state index is 12.3. The first-order chi connectivity index (χ1) is 13.5. The van der Waals surface area contributed by atoms with Crippen LogP contribution in [0.1, 0.15) is 35.8 Å². The van der Waals surface area contributed by atoms with Gasteiger partial charge in [0.1, 0.15) is 5.75 Å². The molecule has 0 aliphatic carbocycles. The lowest BCUT2D eigenvalue weighted by atomic mass is 10.1. The van der Waals surface area contributed by atoms with Crippen LogP contribution in [0.5, 0.6) is 5.75 Å². The number of nitrogens with one attached hydrogen (secondary N) is 1. The molecule has 2 aromatic rings. The highest BCUT2D eigenvalue weighted by Crippen LogP contribution is 2.33. The largest absolute Gasteiger partial charge is 0.482 e. The molecule has 7 heteroatoms. The van der Waals surface area contributed by atoms with E-state index in [0.29, 0.717) is 49.4 Å². The first-order valence-corrected chi connectivity index (χ1v) is 9.29. The van der Waals surface area contributed by atoms with E-state index in [1.165, 1.54) is 6.92 Å². The number of ether oxygens (including phenoxy) is 1. The van der Waals surface area contributed by atoms with E-state index in [1.807, 2.05) is 18.2 Å². The first kappa shape index (κ1) is 19.5. The van der Waals surface area contributed by atoms with Crippen LogP contribution < -0.4 is 15.0 Å². The molecule has 0 bridgehead atoms. The van der Waals surface area contributed by atoms with Gasteiger partial charge in [-0.2, -0.15) is 0 Å². The number of amides is 2. The topological polar surface area (TPSA) is 88.6 Å². The molecule has 3 rings (SSSR count). The maximum Gasteiger partial charge on any atom is 0.265 e. The van der Waals surface area contributed by atoms with Gasteiger partial charge in [-0.3, -0.25) is 19.4 Å². The second-order valence-electron chi connectivity index (χ2n) is 6.60. The molecule has 7 nitrogen and oxygen atoms in total. The van der Waals surface area contributed by atoms with E-state index >= 15 is 0 Å². The van der Waals surface area contributed by atoms with Gasteiger partial charge in [-0.1, -0.05) is 6.07 Å². The Balaban J connectivity index is 1.50. The van der Waals surface area contributed by atoms with Crippen molar-refractivity contribution in [3.05, 3.63) is 53.9 Å². The zero-order chi connectivity index (χ0) is 19.9. The molecular weight excluding hydrogens is 358 g/mol. The number of Topliss-reactive ketones (excluding diaryl/α,β-unsaturated/α-hetero) is 1. The number of benzene rings is 1. The van der Waals surface area contributed by atoms with Crippen molar-refractivity contribution in [2.75, 3.05) is 24.6 Å². The molecule has 1 aliphatic heterocycles. The lowest BCUT2D eigenvalue weighted by molar-refractivity contribution is -0.122. The number of hydrogen-bond donors (Lipinski definition) is 1. The van der Waals surface area contributed by atoms with E-state index in [9.17, 15) is 14.4 Å². The summed E-state index contributed by atoms with van der Waals surface area (Å²) < 4.78 is 5.44. The number of nitrogens with zero attached hydrogens (tertiary/aromatic N) is 2. The van der Waals surface area contributed by atoms with Crippen LogP contribution in [-0.4, -0.2) is 42.3 Å². The fourth-order valence-corrected chi connectivity index (χ4v) is 3.03. The highest BCUT2D eigenvalue weighted by atomic mass is 16.5. The predicted octanol–water partition coefficient (Wildman–Crippen LogP) is 2.15. The van der Waals surface area contributed by atoms with Crippen LogP contribution in [-0.2, 0) is 16.0 Å². The van der Waals surface area contributed by atoms with Gasteiger partial charge < -0.3 is 15.0 Å². The molecule has 1 N–H and O–H groups in total. The predicted molar refractivity (Wildman–Crippen MR) is 104 cm³/mol. The summed E-state index contributed by atoms with van der Waals surface area (Å²) in [6.45, 7) is 2.36. The van der Waals surface area contributed by atoms with Crippen LogP contribution >= 0.6 is 0 Å². The Bertz CT molecular complexity index is 867. The molecule has 28 heavy (non-hydrogen) atoms. The van der Waals surface area contributed by atoms with Gasteiger partial charge in [-0.25, -0.2) is 0 Å². The van der Waals surface area contributed by atoms with Gasteiger partial charge in [0, 0.05) is 43.4 Å². The van der Waals surface area contributed by atoms with Crippen molar-refractivity contribution in [1.82, 2.24) is 10.3 Å². The summed E-state index contributed by atoms with van der Waals surface area (Å²) in [6, 6.07) is 10.7. The van der Waals surface area contributed by atoms with Crippen molar-refractivity contribution in [3.8, 4) is 5.75 Å². The number of carbonyl (C=O) groups excluding carboxylic acids is 3.